The van der Waals surface area contributed by atoms with E-state index in [4.69, 9.17) is 0 Å². The highest BCUT2D eigenvalue weighted by atomic mass is 15.4. The Morgan fingerprint density at radius 2 is 1.52 bits per heavy atom. The van der Waals surface area contributed by atoms with E-state index in [1.807, 2.05) is 0 Å². The van der Waals surface area contributed by atoms with Gasteiger partial charge in [0.25, 0.3) is 0 Å². The van der Waals surface area contributed by atoms with Gasteiger partial charge in [-0.15, -0.1) is 0 Å². The maximum Gasteiger partial charge on any atom is 0.177 e. The van der Waals surface area contributed by atoms with Crippen molar-refractivity contribution in [3.05, 3.63) is 36.0 Å². The highest BCUT2D eigenvalue weighted by Crippen LogP contribution is 2.38. The van der Waals surface area contributed by atoms with Gasteiger partial charge in [0.05, 0.1) is 0 Å². The number of para-hydroxylation sites is 1. The molecule has 0 bridgehead atoms. The van der Waals surface area contributed by atoms with Gasteiger partial charge in [-0.3, -0.25) is 4.90 Å². The molecule has 0 spiro atoms. The Balaban J connectivity index is 1.84. The van der Waals surface area contributed by atoms with Crippen molar-refractivity contribution in [2.75, 3.05) is 18.0 Å². The number of anilines is 1. The van der Waals surface area contributed by atoms with Crippen molar-refractivity contribution in [1.29, 1.82) is 0 Å². The minimum Gasteiger partial charge on any atom is -0.345 e. The third-order valence-electron chi connectivity index (χ3n) is 5.44. The van der Waals surface area contributed by atoms with E-state index < -0.39 is 0 Å². The average Bonchev–Trinajstić information content (AvgIpc) is 3.04. The molecule has 1 heterocycles. The minimum atomic E-state index is 0.550. The van der Waals surface area contributed by atoms with E-state index in [1.54, 1.807) is 0 Å². The summed E-state index contributed by atoms with van der Waals surface area (Å²) in [6.45, 7) is 15.2. The zero-order valence-corrected chi connectivity index (χ0v) is 15.3. The second-order valence-corrected chi connectivity index (χ2v) is 7.83. The van der Waals surface area contributed by atoms with Crippen LogP contribution >= 0.6 is 0 Å². The molecule has 0 N–H and O–H groups in total. The fraction of sp³-hybridized carbons (Fsp3) is 0.667. The summed E-state index contributed by atoms with van der Waals surface area (Å²) in [5.74, 6) is 1.10. The maximum atomic E-state index is 3.73. The highest BCUT2D eigenvalue weighted by molar-refractivity contribution is 5.63. The van der Waals surface area contributed by atoms with Crippen molar-refractivity contribution in [1.82, 2.24) is 4.90 Å². The zero-order valence-electron chi connectivity index (χ0n) is 15.3. The van der Waals surface area contributed by atoms with E-state index in [9.17, 15) is 0 Å². The molecule has 3 rings (SSSR count). The van der Waals surface area contributed by atoms with E-state index in [0.29, 0.717) is 11.8 Å². The number of benzene rings is 1. The molecule has 0 amide bonds. The molecule has 23 heavy (non-hydrogen) atoms. The Morgan fingerprint density at radius 3 is 2.09 bits per heavy atom. The van der Waals surface area contributed by atoms with Gasteiger partial charge in [0.1, 0.15) is 0 Å². The molecule has 2 fully saturated rings. The van der Waals surface area contributed by atoms with Gasteiger partial charge >= 0.3 is 0 Å². The molecular weight excluding hydrogens is 280 g/mol. The second-order valence-electron chi connectivity index (χ2n) is 7.83. The van der Waals surface area contributed by atoms with Crippen LogP contribution in [-0.2, 0) is 0 Å². The van der Waals surface area contributed by atoms with Gasteiger partial charge in [-0.2, -0.15) is 0 Å². The Hall–Kier alpha value is -1.02. The van der Waals surface area contributed by atoms with Crippen LogP contribution in [0.3, 0.4) is 0 Å². The zero-order chi connectivity index (χ0) is 16.4. The maximum absolute atomic E-state index is 3.73. The Labute approximate surface area is 142 Å². The van der Waals surface area contributed by atoms with Crippen LogP contribution in [0.25, 0.3) is 0 Å². The standard InChI is InChI=1S/C21H32N2/c1-16(2)19-11-8-12-20(17(3)4)21(19)23-14-13-22(15-23)18-9-6-5-7-10-18/h8,11-12,16-18H,5-7,9-10,13-14H2,1-4H3. The number of nitrogens with zero attached hydrogens (tertiary/aromatic N) is 2. The van der Waals surface area contributed by atoms with Crippen molar-refractivity contribution in [2.45, 2.75) is 77.7 Å². The molecule has 1 aliphatic heterocycles. The third kappa shape index (κ3) is 3.57. The van der Waals surface area contributed by atoms with Gasteiger partial charge in [-0.25, -0.2) is 0 Å². The normalized spacial score (nSPS) is 20.9. The van der Waals surface area contributed by atoms with Crippen LogP contribution in [0.2, 0.25) is 0 Å². The first-order valence-electron chi connectivity index (χ1n) is 9.51. The third-order valence-corrected chi connectivity index (χ3v) is 5.44. The van der Waals surface area contributed by atoms with Gasteiger partial charge in [-0.05, 0) is 35.8 Å². The van der Waals surface area contributed by atoms with Crippen LogP contribution in [-0.4, -0.2) is 24.0 Å². The second kappa shape index (κ2) is 7.25. The van der Waals surface area contributed by atoms with Crippen LogP contribution < -0.4 is 4.90 Å². The fourth-order valence-electron chi connectivity index (χ4n) is 4.10. The quantitative estimate of drug-likeness (QED) is 0.736. The molecule has 2 aliphatic rings. The van der Waals surface area contributed by atoms with Crippen molar-refractivity contribution < 1.29 is 0 Å². The van der Waals surface area contributed by atoms with Crippen molar-refractivity contribution >= 4 is 5.69 Å². The number of rotatable bonds is 4. The van der Waals surface area contributed by atoms with Gasteiger partial charge in [0.2, 0.25) is 0 Å². The van der Waals surface area contributed by atoms with Gasteiger partial charge in [0, 0.05) is 24.8 Å². The summed E-state index contributed by atoms with van der Waals surface area (Å²) in [7, 11) is 0. The van der Waals surface area contributed by atoms with Crippen LogP contribution in [0.5, 0.6) is 0 Å². The van der Waals surface area contributed by atoms with Gasteiger partial charge < -0.3 is 4.90 Å². The van der Waals surface area contributed by atoms with E-state index in [2.05, 4.69) is 62.4 Å². The number of hydrogen-bond acceptors (Lipinski definition) is 2. The summed E-state index contributed by atoms with van der Waals surface area (Å²) in [4.78, 5) is 4.92. The molecule has 0 unspecified atom stereocenters. The lowest BCUT2D eigenvalue weighted by molar-refractivity contribution is 0.221. The van der Waals surface area contributed by atoms with Gasteiger partial charge in [0.15, 0.2) is 6.67 Å². The molecule has 2 radical (unpaired) electrons. The van der Waals surface area contributed by atoms with Crippen LogP contribution in [0, 0.1) is 6.67 Å². The molecule has 1 saturated heterocycles. The monoisotopic (exact) mass is 312 g/mol. The first kappa shape index (κ1) is 16.8. The lowest BCUT2D eigenvalue weighted by atomic mass is 9.92. The summed E-state index contributed by atoms with van der Waals surface area (Å²) >= 11 is 0. The number of hydrogen-bond donors (Lipinski definition) is 0. The minimum absolute atomic E-state index is 0.550. The van der Waals surface area contributed by atoms with Crippen molar-refractivity contribution in [2.24, 2.45) is 0 Å². The molecule has 1 aromatic rings. The smallest absolute Gasteiger partial charge is 0.177 e. The first-order chi connectivity index (χ1) is 11.1. The predicted octanol–water partition coefficient (Wildman–Crippen LogP) is 5.38. The lowest BCUT2D eigenvalue weighted by Crippen LogP contribution is -2.33. The van der Waals surface area contributed by atoms with E-state index >= 15 is 0 Å². The summed E-state index contributed by atoms with van der Waals surface area (Å²) in [6.07, 6.45) is 6.90. The molecule has 0 atom stereocenters. The van der Waals surface area contributed by atoms with Gasteiger partial charge in [-0.1, -0.05) is 65.2 Å². The molecule has 126 valence electrons. The summed E-state index contributed by atoms with van der Waals surface area (Å²) < 4.78 is 0. The lowest BCUT2D eigenvalue weighted by Gasteiger charge is -2.31. The van der Waals surface area contributed by atoms with Crippen LogP contribution in [0.4, 0.5) is 5.69 Å². The summed E-state index contributed by atoms with van der Waals surface area (Å²) in [6, 6.07) is 7.55. The fourth-order valence-corrected chi connectivity index (χ4v) is 4.10. The Bertz CT molecular complexity index is 488. The Kier molecular flexibility index (Phi) is 5.31. The summed E-state index contributed by atoms with van der Waals surface area (Å²) in [5.41, 5.74) is 4.36. The van der Waals surface area contributed by atoms with Crippen LogP contribution in [0.1, 0.15) is 82.8 Å². The molecule has 1 aliphatic carbocycles. The highest BCUT2D eigenvalue weighted by Gasteiger charge is 2.31. The molecular formula is C21H32N2. The first-order valence-corrected chi connectivity index (χ1v) is 9.51. The van der Waals surface area contributed by atoms with Crippen molar-refractivity contribution in [3.8, 4) is 0 Å². The van der Waals surface area contributed by atoms with E-state index in [0.717, 1.165) is 19.1 Å². The molecule has 2 heteroatoms. The van der Waals surface area contributed by atoms with E-state index in [-0.39, 0.29) is 0 Å². The van der Waals surface area contributed by atoms with E-state index in [1.165, 1.54) is 48.9 Å². The predicted molar refractivity (Wildman–Crippen MR) is 98.8 cm³/mol. The molecule has 1 aromatic carbocycles. The largest absolute Gasteiger partial charge is 0.345 e. The van der Waals surface area contributed by atoms with Crippen LogP contribution in [0.15, 0.2) is 18.2 Å². The SMILES string of the molecule is CC(C)c1cccc(C(C)C)c1N1[C]N(C2CCCCC2)CC1. The Morgan fingerprint density at radius 1 is 0.913 bits per heavy atom. The molecule has 1 saturated carbocycles. The molecule has 2 nitrogen and oxygen atoms in total. The molecule has 0 aromatic heterocycles. The topological polar surface area (TPSA) is 6.48 Å². The average molecular weight is 313 g/mol. The summed E-state index contributed by atoms with van der Waals surface area (Å²) in [5, 5.41) is 0. The van der Waals surface area contributed by atoms with Crippen molar-refractivity contribution in [3.63, 3.8) is 0 Å².